The van der Waals surface area contributed by atoms with Gasteiger partial charge in [-0.3, -0.25) is 0 Å². The number of para-hydroxylation sites is 1. The summed E-state index contributed by atoms with van der Waals surface area (Å²) in [5.74, 6) is 1.07. The van der Waals surface area contributed by atoms with E-state index in [1.54, 1.807) is 37.4 Å². The van der Waals surface area contributed by atoms with Crippen LogP contribution in [0.5, 0.6) is 11.5 Å². The number of hydrogen-bond donors (Lipinski definition) is 1. The molecule has 0 saturated carbocycles. The van der Waals surface area contributed by atoms with Crippen LogP contribution in [-0.2, 0) is 16.7 Å². The second kappa shape index (κ2) is 7.93. The third-order valence-electron chi connectivity index (χ3n) is 3.78. The van der Waals surface area contributed by atoms with E-state index in [4.69, 9.17) is 8.92 Å². The fraction of sp³-hybridized carbons (Fsp3) is 0.100. The molecule has 0 unspecified atom stereocenters. The van der Waals surface area contributed by atoms with Crippen molar-refractivity contribution < 1.29 is 17.3 Å². The summed E-state index contributed by atoms with van der Waals surface area (Å²) in [6, 6.07) is 22.6. The zero-order chi connectivity index (χ0) is 18.4. The van der Waals surface area contributed by atoms with Crippen LogP contribution in [0.15, 0.2) is 83.8 Å². The minimum Gasteiger partial charge on any atom is -0.497 e. The minimum atomic E-state index is -3.87. The molecule has 0 saturated heterocycles. The number of ether oxygens (including phenoxy) is 1. The summed E-state index contributed by atoms with van der Waals surface area (Å²) >= 11 is 0. The van der Waals surface area contributed by atoms with E-state index in [2.05, 4.69) is 5.32 Å². The number of methoxy groups -OCH3 is 1. The number of benzene rings is 3. The summed E-state index contributed by atoms with van der Waals surface area (Å²) in [6.07, 6.45) is 0. The second-order valence-corrected chi connectivity index (χ2v) is 7.09. The maximum atomic E-state index is 12.4. The van der Waals surface area contributed by atoms with Crippen LogP contribution in [0.1, 0.15) is 5.56 Å². The second-order valence-electron chi connectivity index (χ2n) is 5.54. The van der Waals surface area contributed by atoms with E-state index >= 15 is 0 Å². The van der Waals surface area contributed by atoms with E-state index in [9.17, 15) is 8.42 Å². The molecule has 0 aliphatic rings. The zero-order valence-corrected chi connectivity index (χ0v) is 15.1. The summed E-state index contributed by atoms with van der Waals surface area (Å²) in [5.41, 5.74) is 1.63. The first-order valence-corrected chi connectivity index (χ1v) is 9.45. The van der Waals surface area contributed by atoms with Crippen LogP contribution >= 0.6 is 0 Å². The van der Waals surface area contributed by atoms with Crippen LogP contribution in [0.4, 0.5) is 5.69 Å². The molecular weight excluding hydrogens is 350 g/mol. The average Bonchev–Trinajstić information content (AvgIpc) is 2.68. The Morgan fingerprint density at radius 3 is 2.19 bits per heavy atom. The van der Waals surface area contributed by atoms with Crippen LogP contribution in [-0.4, -0.2) is 15.5 Å². The number of rotatable bonds is 7. The van der Waals surface area contributed by atoms with Crippen molar-refractivity contribution in [3.05, 3.63) is 84.4 Å². The Hall–Kier alpha value is -2.99. The SMILES string of the molecule is COc1ccc(NCc2ccccc2OS(=O)(=O)c2ccccc2)cc1. The molecule has 0 heterocycles. The highest BCUT2D eigenvalue weighted by Crippen LogP contribution is 2.24. The molecule has 26 heavy (non-hydrogen) atoms. The lowest BCUT2D eigenvalue weighted by Gasteiger charge is -2.13. The Morgan fingerprint density at radius 1 is 0.846 bits per heavy atom. The van der Waals surface area contributed by atoms with Crippen molar-refractivity contribution in [1.29, 1.82) is 0 Å². The van der Waals surface area contributed by atoms with Gasteiger partial charge in [-0.15, -0.1) is 0 Å². The van der Waals surface area contributed by atoms with Gasteiger partial charge in [0.1, 0.15) is 16.4 Å². The van der Waals surface area contributed by atoms with E-state index in [0.29, 0.717) is 12.3 Å². The lowest BCUT2D eigenvalue weighted by atomic mass is 10.2. The summed E-state index contributed by atoms with van der Waals surface area (Å²) in [6.45, 7) is 0.423. The van der Waals surface area contributed by atoms with E-state index in [0.717, 1.165) is 17.0 Å². The normalized spacial score (nSPS) is 11.0. The predicted molar refractivity (Wildman–Crippen MR) is 101 cm³/mol. The van der Waals surface area contributed by atoms with E-state index in [1.165, 1.54) is 12.1 Å². The van der Waals surface area contributed by atoms with Crippen LogP contribution in [0.2, 0.25) is 0 Å². The summed E-state index contributed by atoms with van der Waals surface area (Å²) in [7, 11) is -2.26. The average molecular weight is 369 g/mol. The van der Waals surface area contributed by atoms with Gasteiger partial charge < -0.3 is 14.2 Å². The van der Waals surface area contributed by atoms with Crippen molar-refractivity contribution in [3.8, 4) is 11.5 Å². The van der Waals surface area contributed by atoms with Crippen LogP contribution in [0, 0.1) is 0 Å². The molecule has 0 aromatic heterocycles. The number of nitrogens with one attached hydrogen (secondary N) is 1. The maximum Gasteiger partial charge on any atom is 0.339 e. The Bertz CT molecular complexity index is 955. The predicted octanol–water partition coefficient (Wildman–Crippen LogP) is 4.08. The van der Waals surface area contributed by atoms with Gasteiger partial charge in [0, 0.05) is 17.8 Å². The van der Waals surface area contributed by atoms with Crippen LogP contribution in [0.25, 0.3) is 0 Å². The van der Waals surface area contributed by atoms with E-state index < -0.39 is 10.1 Å². The van der Waals surface area contributed by atoms with Gasteiger partial charge in [0.2, 0.25) is 0 Å². The summed E-state index contributed by atoms with van der Waals surface area (Å²) < 4.78 is 35.4. The first-order chi connectivity index (χ1) is 12.6. The first kappa shape index (κ1) is 17.8. The van der Waals surface area contributed by atoms with Gasteiger partial charge in [0.05, 0.1) is 7.11 Å². The molecule has 1 N–H and O–H groups in total. The van der Waals surface area contributed by atoms with Crippen molar-refractivity contribution in [2.24, 2.45) is 0 Å². The lowest BCUT2D eigenvalue weighted by molar-refractivity contribution is 0.415. The summed E-state index contributed by atoms with van der Waals surface area (Å²) in [5, 5.41) is 3.25. The molecule has 6 heteroatoms. The number of hydrogen-bond acceptors (Lipinski definition) is 5. The van der Waals surface area contributed by atoms with Crippen molar-refractivity contribution in [2.45, 2.75) is 11.4 Å². The largest absolute Gasteiger partial charge is 0.497 e. The fourth-order valence-electron chi connectivity index (χ4n) is 2.39. The summed E-state index contributed by atoms with van der Waals surface area (Å²) in [4.78, 5) is 0.123. The minimum absolute atomic E-state index is 0.123. The first-order valence-electron chi connectivity index (χ1n) is 8.04. The molecule has 134 valence electrons. The fourth-order valence-corrected chi connectivity index (χ4v) is 3.38. The lowest BCUT2D eigenvalue weighted by Crippen LogP contribution is -2.11. The van der Waals surface area contributed by atoms with Crippen LogP contribution in [0.3, 0.4) is 0 Å². The molecule has 0 bridgehead atoms. The molecule has 0 radical (unpaired) electrons. The Labute approximate surface area is 153 Å². The van der Waals surface area contributed by atoms with Crippen molar-refractivity contribution in [2.75, 3.05) is 12.4 Å². The third-order valence-corrected chi connectivity index (χ3v) is 5.03. The van der Waals surface area contributed by atoms with E-state index in [-0.39, 0.29) is 4.90 Å². The molecule has 0 amide bonds. The van der Waals surface area contributed by atoms with Gasteiger partial charge in [0.25, 0.3) is 0 Å². The van der Waals surface area contributed by atoms with Gasteiger partial charge in [-0.2, -0.15) is 8.42 Å². The molecular formula is C20H19NO4S. The zero-order valence-electron chi connectivity index (χ0n) is 14.3. The molecule has 3 aromatic rings. The molecule has 0 spiro atoms. The highest BCUT2D eigenvalue weighted by molar-refractivity contribution is 7.87. The molecule has 3 aromatic carbocycles. The van der Waals surface area contributed by atoms with E-state index in [1.807, 2.05) is 36.4 Å². The highest BCUT2D eigenvalue weighted by atomic mass is 32.2. The van der Waals surface area contributed by atoms with Gasteiger partial charge in [-0.05, 0) is 42.5 Å². The van der Waals surface area contributed by atoms with Gasteiger partial charge in [-0.25, -0.2) is 0 Å². The highest BCUT2D eigenvalue weighted by Gasteiger charge is 2.17. The van der Waals surface area contributed by atoms with Gasteiger partial charge >= 0.3 is 10.1 Å². The molecule has 0 fully saturated rings. The van der Waals surface area contributed by atoms with Crippen molar-refractivity contribution in [1.82, 2.24) is 0 Å². The molecule has 5 nitrogen and oxygen atoms in total. The Balaban J connectivity index is 1.75. The maximum absolute atomic E-state index is 12.4. The van der Waals surface area contributed by atoms with Crippen LogP contribution < -0.4 is 14.2 Å². The quantitative estimate of drug-likeness (QED) is 0.636. The van der Waals surface area contributed by atoms with Crippen molar-refractivity contribution >= 4 is 15.8 Å². The number of anilines is 1. The Morgan fingerprint density at radius 2 is 1.50 bits per heavy atom. The third kappa shape index (κ3) is 4.34. The topological polar surface area (TPSA) is 64.6 Å². The monoisotopic (exact) mass is 369 g/mol. The standard InChI is InChI=1S/C20H19NO4S/c1-24-18-13-11-17(12-14-18)21-15-16-7-5-6-10-20(16)25-26(22,23)19-8-3-2-4-9-19/h2-14,21H,15H2,1H3. The molecule has 0 aliphatic heterocycles. The molecule has 0 aliphatic carbocycles. The van der Waals surface area contributed by atoms with Gasteiger partial charge in [-0.1, -0.05) is 36.4 Å². The molecule has 3 rings (SSSR count). The van der Waals surface area contributed by atoms with Gasteiger partial charge in [0.15, 0.2) is 0 Å². The smallest absolute Gasteiger partial charge is 0.339 e. The van der Waals surface area contributed by atoms with Crippen molar-refractivity contribution in [3.63, 3.8) is 0 Å². The Kier molecular flexibility index (Phi) is 5.43. The molecule has 0 atom stereocenters.